The van der Waals surface area contributed by atoms with Crippen molar-refractivity contribution in [3.63, 3.8) is 0 Å². The molecule has 0 atom stereocenters. The topological polar surface area (TPSA) is 97.5 Å². The Morgan fingerprint density at radius 2 is 2.05 bits per heavy atom. The standard InChI is InChI=1S/C13H9BrFN5O/c1-5-17-8-4-6(2-3-7(8)13(21)18-5)9-12(16)20-11(15)10(14)19-9/h2-4H,1H3,(H2,16,20)(H,17,18,21). The Morgan fingerprint density at radius 3 is 2.81 bits per heavy atom. The molecule has 106 valence electrons. The summed E-state index contributed by atoms with van der Waals surface area (Å²) in [5.74, 6) is -0.303. The molecule has 8 heteroatoms. The van der Waals surface area contributed by atoms with Gasteiger partial charge in [0.1, 0.15) is 11.5 Å². The van der Waals surface area contributed by atoms with Gasteiger partial charge in [-0.25, -0.2) is 9.97 Å². The molecule has 0 spiro atoms. The van der Waals surface area contributed by atoms with Crippen molar-refractivity contribution >= 4 is 32.7 Å². The summed E-state index contributed by atoms with van der Waals surface area (Å²) in [4.78, 5) is 26.3. The van der Waals surface area contributed by atoms with Crippen molar-refractivity contribution in [2.45, 2.75) is 6.92 Å². The highest BCUT2D eigenvalue weighted by Gasteiger charge is 2.13. The van der Waals surface area contributed by atoms with Crippen LogP contribution in [0, 0.1) is 12.9 Å². The first-order valence-corrected chi connectivity index (χ1v) is 6.74. The summed E-state index contributed by atoms with van der Waals surface area (Å²) in [6.45, 7) is 1.69. The molecule has 2 heterocycles. The summed E-state index contributed by atoms with van der Waals surface area (Å²) in [5, 5.41) is 0.456. The first kappa shape index (κ1) is 13.6. The van der Waals surface area contributed by atoms with Crippen LogP contribution >= 0.6 is 15.9 Å². The largest absolute Gasteiger partial charge is 0.382 e. The highest BCUT2D eigenvalue weighted by atomic mass is 79.9. The summed E-state index contributed by atoms with van der Waals surface area (Å²) in [6, 6.07) is 4.95. The minimum absolute atomic E-state index is 0.0261. The maximum absolute atomic E-state index is 13.3. The van der Waals surface area contributed by atoms with Crippen molar-refractivity contribution in [1.82, 2.24) is 19.9 Å². The van der Waals surface area contributed by atoms with Crippen LogP contribution in [0.3, 0.4) is 0 Å². The zero-order chi connectivity index (χ0) is 15.1. The number of nitrogens with two attached hydrogens (primary N) is 1. The quantitative estimate of drug-likeness (QED) is 0.701. The summed E-state index contributed by atoms with van der Waals surface area (Å²) in [6.07, 6.45) is 0. The normalized spacial score (nSPS) is 11.0. The number of H-pyrrole nitrogens is 1. The van der Waals surface area contributed by atoms with E-state index in [2.05, 4.69) is 35.9 Å². The van der Waals surface area contributed by atoms with Gasteiger partial charge in [0, 0.05) is 5.56 Å². The zero-order valence-electron chi connectivity index (χ0n) is 10.8. The van der Waals surface area contributed by atoms with Crippen molar-refractivity contribution in [2.75, 3.05) is 5.73 Å². The lowest BCUT2D eigenvalue weighted by molar-refractivity contribution is 0.571. The lowest BCUT2D eigenvalue weighted by Crippen LogP contribution is -2.09. The average molecular weight is 350 g/mol. The van der Waals surface area contributed by atoms with Crippen LogP contribution in [0.1, 0.15) is 5.82 Å². The molecule has 0 amide bonds. The highest BCUT2D eigenvalue weighted by molar-refractivity contribution is 9.10. The highest BCUT2D eigenvalue weighted by Crippen LogP contribution is 2.26. The summed E-state index contributed by atoms with van der Waals surface area (Å²) in [7, 11) is 0. The van der Waals surface area contributed by atoms with E-state index in [1.54, 1.807) is 25.1 Å². The van der Waals surface area contributed by atoms with Crippen LogP contribution in [0.4, 0.5) is 10.2 Å². The molecule has 0 saturated carbocycles. The second-order valence-electron chi connectivity index (χ2n) is 4.42. The van der Waals surface area contributed by atoms with E-state index in [0.29, 0.717) is 28.0 Å². The van der Waals surface area contributed by atoms with Crippen molar-refractivity contribution in [1.29, 1.82) is 0 Å². The molecular weight excluding hydrogens is 341 g/mol. The molecule has 1 aromatic carbocycles. The zero-order valence-corrected chi connectivity index (χ0v) is 12.4. The van der Waals surface area contributed by atoms with E-state index in [-0.39, 0.29) is 16.0 Å². The Balaban J connectivity index is 2.27. The van der Waals surface area contributed by atoms with Gasteiger partial charge in [-0.1, -0.05) is 6.07 Å². The Bertz CT molecular complexity index is 924. The van der Waals surface area contributed by atoms with Gasteiger partial charge in [-0.2, -0.15) is 9.37 Å². The summed E-state index contributed by atoms with van der Waals surface area (Å²) in [5.41, 5.74) is 6.92. The third-order valence-corrected chi connectivity index (χ3v) is 3.44. The van der Waals surface area contributed by atoms with Gasteiger partial charge in [-0.15, -0.1) is 0 Å². The first-order chi connectivity index (χ1) is 9.95. The van der Waals surface area contributed by atoms with E-state index in [0.717, 1.165) is 0 Å². The first-order valence-electron chi connectivity index (χ1n) is 5.95. The van der Waals surface area contributed by atoms with Crippen LogP contribution in [0.25, 0.3) is 22.2 Å². The number of hydrogen-bond acceptors (Lipinski definition) is 5. The number of nitrogen functional groups attached to an aromatic ring is 1. The molecule has 0 bridgehead atoms. The molecule has 6 nitrogen and oxygen atoms in total. The SMILES string of the molecule is Cc1nc2cc(-c3nc(Br)c(F)nc3N)ccc2c(=O)[nH]1. The number of benzene rings is 1. The average Bonchev–Trinajstić information content (AvgIpc) is 2.42. The molecule has 0 aliphatic rings. The van der Waals surface area contributed by atoms with Gasteiger partial charge in [0.05, 0.1) is 10.9 Å². The van der Waals surface area contributed by atoms with Crippen molar-refractivity contribution < 1.29 is 4.39 Å². The van der Waals surface area contributed by atoms with Gasteiger partial charge >= 0.3 is 0 Å². The number of anilines is 1. The van der Waals surface area contributed by atoms with E-state index in [4.69, 9.17) is 5.73 Å². The third-order valence-electron chi connectivity index (χ3n) is 2.94. The Morgan fingerprint density at radius 1 is 1.29 bits per heavy atom. The third kappa shape index (κ3) is 2.38. The number of nitrogens with zero attached hydrogens (tertiary/aromatic N) is 3. The molecule has 0 aliphatic heterocycles. The van der Waals surface area contributed by atoms with E-state index in [1.807, 2.05) is 0 Å². The summed E-state index contributed by atoms with van der Waals surface area (Å²) >= 11 is 2.98. The maximum Gasteiger partial charge on any atom is 0.258 e. The van der Waals surface area contributed by atoms with Crippen LogP contribution in [0.2, 0.25) is 0 Å². The van der Waals surface area contributed by atoms with Crippen LogP contribution < -0.4 is 11.3 Å². The van der Waals surface area contributed by atoms with E-state index < -0.39 is 5.95 Å². The van der Waals surface area contributed by atoms with Gasteiger partial charge in [0.15, 0.2) is 10.4 Å². The Labute approximate surface area is 126 Å². The predicted molar refractivity (Wildman–Crippen MR) is 80.2 cm³/mol. The van der Waals surface area contributed by atoms with Crippen molar-refractivity contribution in [3.8, 4) is 11.3 Å². The fourth-order valence-electron chi connectivity index (χ4n) is 2.02. The molecule has 3 aromatic rings. The second-order valence-corrected chi connectivity index (χ2v) is 5.17. The molecule has 0 aliphatic carbocycles. The number of nitrogens with one attached hydrogen (secondary N) is 1. The Hall–Kier alpha value is -2.35. The van der Waals surface area contributed by atoms with Crippen LogP contribution in [-0.2, 0) is 0 Å². The van der Waals surface area contributed by atoms with Crippen LogP contribution in [0.5, 0.6) is 0 Å². The monoisotopic (exact) mass is 349 g/mol. The smallest absolute Gasteiger partial charge is 0.258 e. The lowest BCUT2D eigenvalue weighted by atomic mass is 10.1. The number of aromatic amines is 1. The molecule has 2 aromatic heterocycles. The van der Waals surface area contributed by atoms with Crippen molar-refractivity contribution in [3.05, 3.63) is 44.9 Å². The molecule has 0 radical (unpaired) electrons. The predicted octanol–water partition coefficient (Wildman–Crippen LogP) is 2.17. The Kier molecular flexibility index (Phi) is 3.17. The van der Waals surface area contributed by atoms with Gasteiger partial charge in [-0.3, -0.25) is 4.79 Å². The number of aryl methyl sites for hydroxylation is 1. The molecule has 0 fully saturated rings. The van der Waals surface area contributed by atoms with E-state index in [1.165, 1.54) is 0 Å². The number of aromatic nitrogens is 4. The molecule has 3 N–H and O–H groups in total. The number of rotatable bonds is 1. The molecule has 0 unspecified atom stereocenters. The molecule has 0 saturated heterocycles. The number of hydrogen-bond donors (Lipinski definition) is 2. The molecule has 21 heavy (non-hydrogen) atoms. The van der Waals surface area contributed by atoms with E-state index >= 15 is 0 Å². The van der Waals surface area contributed by atoms with Crippen molar-refractivity contribution in [2.24, 2.45) is 0 Å². The fourth-order valence-corrected chi connectivity index (χ4v) is 2.29. The fraction of sp³-hybridized carbons (Fsp3) is 0.0769. The van der Waals surface area contributed by atoms with Gasteiger partial charge in [0.25, 0.3) is 5.56 Å². The van der Waals surface area contributed by atoms with Gasteiger partial charge < -0.3 is 10.7 Å². The minimum atomic E-state index is -0.776. The number of halogens is 2. The maximum atomic E-state index is 13.3. The van der Waals surface area contributed by atoms with Crippen LogP contribution in [-0.4, -0.2) is 19.9 Å². The van der Waals surface area contributed by atoms with Gasteiger partial charge in [-0.05, 0) is 35.0 Å². The lowest BCUT2D eigenvalue weighted by Gasteiger charge is -2.06. The van der Waals surface area contributed by atoms with Gasteiger partial charge in [0.2, 0.25) is 5.95 Å². The summed E-state index contributed by atoms with van der Waals surface area (Å²) < 4.78 is 13.2. The second kappa shape index (κ2) is 4.88. The van der Waals surface area contributed by atoms with Crippen LogP contribution in [0.15, 0.2) is 27.6 Å². The molecular formula is C13H9BrFN5O. The number of fused-ring (bicyclic) bond motifs is 1. The van der Waals surface area contributed by atoms with E-state index in [9.17, 15) is 9.18 Å². The minimum Gasteiger partial charge on any atom is -0.382 e. The molecule has 3 rings (SSSR count).